The number of amides is 1. The van der Waals surface area contributed by atoms with Crippen molar-refractivity contribution in [2.75, 3.05) is 19.6 Å². The predicted octanol–water partition coefficient (Wildman–Crippen LogP) is 5.86. The smallest absolute Gasteiger partial charge is 0.346 e. The first-order chi connectivity index (χ1) is 14.7. The Kier molecular flexibility index (Phi) is 8.79. The summed E-state index contributed by atoms with van der Waals surface area (Å²) >= 11 is 3.52. The lowest BCUT2D eigenvalue weighted by molar-refractivity contribution is -0.174. The van der Waals surface area contributed by atoms with Gasteiger partial charge in [0.05, 0.1) is 0 Å². The molecule has 1 aromatic carbocycles. The Balaban J connectivity index is 1.29. The third-order valence-corrected chi connectivity index (χ3v) is 7.52. The molecule has 31 heavy (non-hydrogen) atoms. The number of nitrogens with zero attached hydrogens (tertiary/aromatic N) is 1. The monoisotopic (exact) mass is 506 g/mol. The number of halogens is 5. The molecule has 1 saturated heterocycles. The van der Waals surface area contributed by atoms with Gasteiger partial charge in [-0.3, -0.25) is 4.79 Å². The maximum absolute atomic E-state index is 13.5. The van der Waals surface area contributed by atoms with Crippen molar-refractivity contribution >= 4 is 21.8 Å². The number of alkyl halides is 3. The zero-order valence-electron chi connectivity index (χ0n) is 17.7. The number of carbonyl (C=O) groups is 1. The second kappa shape index (κ2) is 11.1. The SMILES string of the molecule is O=C(N[C@H]1CC[C@H](CCCN2CCC(Cc3cc(F)ccc3Br)CC2)CC1)C(F)(F)F. The van der Waals surface area contributed by atoms with Crippen molar-refractivity contribution in [3.05, 3.63) is 34.1 Å². The lowest BCUT2D eigenvalue weighted by Crippen LogP contribution is -2.44. The van der Waals surface area contributed by atoms with Gasteiger partial charge in [-0.2, -0.15) is 13.2 Å². The molecule has 1 amide bonds. The van der Waals surface area contributed by atoms with Crippen molar-refractivity contribution in [1.82, 2.24) is 10.2 Å². The number of nitrogens with one attached hydrogen (secondary N) is 1. The van der Waals surface area contributed by atoms with Gasteiger partial charge in [0.15, 0.2) is 0 Å². The third-order valence-electron chi connectivity index (χ3n) is 6.75. The van der Waals surface area contributed by atoms with Crippen LogP contribution in [0.1, 0.15) is 56.9 Å². The lowest BCUT2D eigenvalue weighted by atomic mass is 9.83. The van der Waals surface area contributed by atoms with Crippen LogP contribution < -0.4 is 5.32 Å². The number of hydrogen-bond acceptors (Lipinski definition) is 2. The maximum atomic E-state index is 13.5. The molecule has 8 heteroatoms. The van der Waals surface area contributed by atoms with E-state index in [1.165, 1.54) is 6.07 Å². The zero-order chi connectivity index (χ0) is 22.4. The molecule has 1 saturated carbocycles. The van der Waals surface area contributed by atoms with Gasteiger partial charge in [0.1, 0.15) is 5.82 Å². The molecule has 0 bridgehead atoms. The quantitative estimate of drug-likeness (QED) is 0.469. The van der Waals surface area contributed by atoms with Crippen LogP contribution in [0.25, 0.3) is 0 Å². The summed E-state index contributed by atoms with van der Waals surface area (Å²) in [6.45, 7) is 3.18. The van der Waals surface area contributed by atoms with E-state index in [-0.39, 0.29) is 11.9 Å². The summed E-state index contributed by atoms with van der Waals surface area (Å²) in [5, 5.41) is 2.12. The Labute approximate surface area is 190 Å². The van der Waals surface area contributed by atoms with E-state index in [0.29, 0.717) is 24.7 Å². The number of likely N-dealkylation sites (tertiary alicyclic amines) is 1. The average Bonchev–Trinajstić information content (AvgIpc) is 2.72. The van der Waals surface area contributed by atoms with Crippen LogP contribution >= 0.6 is 15.9 Å². The summed E-state index contributed by atoms with van der Waals surface area (Å²) in [5.74, 6) is -0.880. The third kappa shape index (κ3) is 7.74. The van der Waals surface area contributed by atoms with Crippen molar-refractivity contribution in [3.8, 4) is 0 Å². The molecule has 0 atom stereocenters. The number of benzene rings is 1. The maximum Gasteiger partial charge on any atom is 0.471 e. The van der Waals surface area contributed by atoms with Gasteiger partial charge >= 0.3 is 12.1 Å². The highest BCUT2D eigenvalue weighted by molar-refractivity contribution is 9.10. The highest BCUT2D eigenvalue weighted by atomic mass is 79.9. The number of hydrogen-bond donors (Lipinski definition) is 1. The molecule has 174 valence electrons. The van der Waals surface area contributed by atoms with E-state index < -0.39 is 12.1 Å². The number of piperidine rings is 1. The van der Waals surface area contributed by atoms with Gasteiger partial charge < -0.3 is 10.2 Å². The molecule has 0 radical (unpaired) electrons. The first kappa shape index (κ1) is 24.5. The standard InChI is InChI=1S/C23H31BrF4N2O/c24-21-8-5-19(25)15-18(21)14-17-9-12-30(13-10-17)11-1-2-16-3-6-20(7-4-16)29-22(31)23(26,27)28/h5,8,15-17,20H,1-4,6-7,9-14H2,(H,29,31)/t16-,20-. The van der Waals surface area contributed by atoms with Crippen LogP contribution in [0.4, 0.5) is 17.6 Å². The summed E-state index contributed by atoms with van der Waals surface area (Å²) in [6.07, 6.45) is 3.57. The predicted molar refractivity (Wildman–Crippen MR) is 116 cm³/mol. The molecule has 2 fully saturated rings. The first-order valence-corrected chi connectivity index (χ1v) is 12.0. The molecule has 1 N–H and O–H groups in total. The van der Waals surface area contributed by atoms with Crippen molar-refractivity contribution in [3.63, 3.8) is 0 Å². The van der Waals surface area contributed by atoms with Crippen LogP contribution in [-0.2, 0) is 11.2 Å². The fourth-order valence-electron chi connectivity index (χ4n) is 4.89. The summed E-state index contributed by atoms with van der Waals surface area (Å²) in [5.41, 5.74) is 1.04. The molecule has 1 aliphatic heterocycles. The molecule has 2 aliphatic rings. The van der Waals surface area contributed by atoms with Gasteiger partial charge in [0.25, 0.3) is 0 Å². The molecule has 0 unspecified atom stereocenters. The molecular formula is C23H31BrF4N2O. The van der Waals surface area contributed by atoms with Gasteiger partial charge in [-0.15, -0.1) is 0 Å². The van der Waals surface area contributed by atoms with Gasteiger partial charge in [0.2, 0.25) is 0 Å². The fraction of sp³-hybridized carbons (Fsp3) is 0.696. The first-order valence-electron chi connectivity index (χ1n) is 11.2. The van der Waals surface area contributed by atoms with E-state index in [1.54, 1.807) is 12.1 Å². The van der Waals surface area contributed by atoms with E-state index >= 15 is 0 Å². The van der Waals surface area contributed by atoms with Crippen molar-refractivity contribution < 1.29 is 22.4 Å². The Morgan fingerprint density at radius 3 is 2.39 bits per heavy atom. The Bertz CT molecular complexity index is 727. The number of rotatable bonds is 7. The summed E-state index contributed by atoms with van der Waals surface area (Å²) in [4.78, 5) is 13.6. The van der Waals surface area contributed by atoms with Crippen LogP contribution in [0, 0.1) is 17.7 Å². The van der Waals surface area contributed by atoms with E-state index in [0.717, 1.165) is 74.6 Å². The second-order valence-electron chi connectivity index (χ2n) is 9.06. The molecule has 0 spiro atoms. The van der Waals surface area contributed by atoms with E-state index in [2.05, 4.69) is 26.1 Å². The molecule has 1 aliphatic carbocycles. The topological polar surface area (TPSA) is 32.3 Å². The summed E-state index contributed by atoms with van der Waals surface area (Å²) in [7, 11) is 0. The normalized spacial score (nSPS) is 23.6. The van der Waals surface area contributed by atoms with Crippen molar-refractivity contribution in [2.24, 2.45) is 11.8 Å². The Morgan fingerprint density at radius 1 is 1.06 bits per heavy atom. The van der Waals surface area contributed by atoms with Crippen molar-refractivity contribution in [1.29, 1.82) is 0 Å². The molecular weight excluding hydrogens is 476 g/mol. The molecule has 3 rings (SSSR count). The highest BCUT2D eigenvalue weighted by Crippen LogP contribution is 2.30. The van der Waals surface area contributed by atoms with Crippen LogP contribution in [0.15, 0.2) is 22.7 Å². The van der Waals surface area contributed by atoms with Crippen molar-refractivity contribution in [2.45, 2.75) is 70.0 Å². The Hall–Kier alpha value is -1.15. The van der Waals surface area contributed by atoms with E-state index in [4.69, 9.17) is 0 Å². The summed E-state index contributed by atoms with van der Waals surface area (Å²) < 4.78 is 51.5. The minimum absolute atomic E-state index is 0.188. The largest absolute Gasteiger partial charge is 0.471 e. The van der Waals surface area contributed by atoms with Crippen LogP contribution in [-0.4, -0.2) is 42.7 Å². The number of carbonyl (C=O) groups excluding carboxylic acids is 1. The lowest BCUT2D eigenvalue weighted by Gasteiger charge is -2.33. The second-order valence-corrected chi connectivity index (χ2v) is 9.91. The van der Waals surface area contributed by atoms with Gasteiger partial charge in [-0.25, -0.2) is 4.39 Å². The van der Waals surface area contributed by atoms with Crippen LogP contribution in [0.2, 0.25) is 0 Å². The zero-order valence-corrected chi connectivity index (χ0v) is 19.3. The van der Waals surface area contributed by atoms with E-state index in [1.807, 2.05) is 0 Å². The Morgan fingerprint density at radius 2 is 1.74 bits per heavy atom. The minimum atomic E-state index is -4.79. The van der Waals surface area contributed by atoms with Crippen LogP contribution in [0.5, 0.6) is 0 Å². The average molecular weight is 507 g/mol. The minimum Gasteiger partial charge on any atom is -0.346 e. The van der Waals surface area contributed by atoms with Gasteiger partial charge in [0, 0.05) is 10.5 Å². The molecule has 1 heterocycles. The van der Waals surface area contributed by atoms with E-state index in [9.17, 15) is 22.4 Å². The fourth-order valence-corrected chi connectivity index (χ4v) is 5.30. The molecule has 1 aromatic rings. The molecule has 0 aromatic heterocycles. The highest BCUT2D eigenvalue weighted by Gasteiger charge is 2.40. The summed E-state index contributed by atoms with van der Waals surface area (Å²) in [6, 6.07) is 4.53. The van der Waals surface area contributed by atoms with Gasteiger partial charge in [-0.1, -0.05) is 15.9 Å². The van der Waals surface area contributed by atoms with Crippen LogP contribution in [0.3, 0.4) is 0 Å². The molecule has 3 nitrogen and oxygen atoms in total. The van der Waals surface area contributed by atoms with Gasteiger partial charge in [-0.05, 0) is 113 Å².